The van der Waals surface area contributed by atoms with Gasteiger partial charge in [-0.05, 0) is 32.6 Å². The van der Waals surface area contributed by atoms with Crippen molar-refractivity contribution in [1.82, 2.24) is 14.1 Å². The molecule has 1 aromatic rings. The van der Waals surface area contributed by atoms with Crippen molar-refractivity contribution in [3.8, 4) is 0 Å². The molecule has 1 aliphatic heterocycles. The first kappa shape index (κ1) is 15.5. The molecule has 2 heterocycles. The monoisotopic (exact) mass is 301 g/mol. The van der Waals surface area contributed by atoms with Crippen LogP contribution in [0.2, 0.25) is 0 Å². The lowest BCUT2D eigenvalue weighted by molar-refractivity contribution is 0.277. The highest BCUT2D eigenvalue weighted by molar-refractivity contribution is 7.89. The van der Waals surface area contributed by atoms with Crippen LogP contribution >= 0.6 is 0 Å². The van der Waals surface area contributed by atoms with E-state index in [0.29, 0.717) is 13.0 Å². The molecule has 0 radical (unpaired) electrons. The molecule has 2 atom stereocenters. The minimum Gasteiger partial charge on any atom is -0.396 e. The van der Waals surface area contributed by atoms with Crippen molar-refractivity contribution in [3.63, 3.8) is 0 Å². The van der Waals surface area contributed by atoms with E-state index in [-0.39, 0.29) is 23.6 Å². The molecule has 114 valence electrons. The van der Waals surface area contributed by atoms with Gasteiger partial charge in [-0.1, -0.05) is 6.92 Å². The quantitative estimate of drug-likeness (QED) is 0.857. The van der Waals surface area contributed by atoms with Gasteiger partial charge >= 0.3 is 0 Å². The van der Waals surface area contributed by atoms with Gasteiger partial charge in [-0.15, -0.1) is 0 Å². The summed E-state index contributed by atoms with van der Waals surface area (Å²) in [6.45, 7) is 4.58. The van der Waals surface area contributed by atoms with Gasteiger partial charge in [0.1, 0.15) is 4.90 Å². The molecule has 0 bridgehead atoms. The van der Waals surface area contributed by atoms with E-state index >= 15 is 0 Å². The maximum atomic E-state index is 12.7. The maximum Gasteiger partial charge on any atom is 0.246 e. The van der Waals surface area contributed by atoms with E-state index in [1.54, 1.807) is 15.2 Å². The van der Waals surface area contributed by atoms with Crippen LogP contribution in [0.1, 0.15) is 39.5 Å². The lowest BCUT2D eigenvalue weighted by Gasteiger charge is -2.26. The number of hydrogen-bond acceptors (Lipinski definition) is 4. The Morgan fingerprint density at radius 2 is 2.20 bits per heavy atom. The summed E-state index contributed by atoms with van der Waals surface area (Å²) in [5.74, 6) is 0. The Balaban J connectivity index is 2.23. The van der Waals surface area contributed by atoms with E-state index in [1.807, 2.05) is 13.8 Å². The highest BCUT2D eigenvalue weighted by Gasteiger charge is 2.39. The zero-order valence-electron chi connectivity index (χ0n) is 12.1. The molecule has 0 aliphatic carbocycles. The van der Waals surface area contributed by atoms with Crippen LogP contribution in [0.4, 0.5) is 0 Å². The van der Waals surface area contributed by atoms with E-state index in [1.165, 1.54) is 6.20 Å². The van der Waals surface area contributed by atoms with Gasteiger partial charge in [0.25, 0.3) is 0 Å². The van der Waals surface area contributed by atoms with Gasteiger partial charge in [-0.2, -0.15) is 9.40 Å². The average molecular weight is 301 g/mol. The van der Waals surface area contributed by atoms with Gasteiger partial charge in [0.15, 0.2) is 0 Å². The molecular weight excluding hydrogens is 278 g/mol. The number of rotatable bonds is 6. The van der Waals surface area contributed by atoms with Crippen LogP contribution in [0.25, 0.3) is 0 Å². The molecule has 1 aromatic heterocycles. The van der Waals surface area contributed by atoms with Crippen molar-refractivity contribution >= 4 is 10.0 Å². The standard InChI is InChI=1S/C13H23N3O3S/c1-3-12-6-5-11(2)16(12)20(18,19)13-9-14-15(10-13)7-4-8-17/h9-12,17H,3-8H2,1-2H3. The molecule has 7 heteroatoms. The summed E-state index contributed by atoms with van der Waals surface area (Å²) < 4.78 is 28.7. The largest absolute Gasteiger partial charge is 0.396 e. The summed E-state index contributed by atoms with van der Waals surface area (Å²) in [5, 5.41) is 12.9. The molecule has 2 rings (SSSR count). The van der Waals surface area contributed by atoms with E-state index in [4.69, 9.17) is 5.11 Å². The zero-order chi connectivity index (χ0) is 14.8. The molecule has 2 unspecified atom stereocenters. The first-order valence-corrected chi connectivity index (χ1v) is 8.61. The van der Waals surface area contributed by atoms with Gasteiger partial charge in [-0.3, -0.25) is 4.68 Å². The van der Waals surface area contributed by atoms with Crippen molar-refractivity contribution in [1.29, 1.82) is 0 Å². The van der Waals surface area contributed by atoms with Crippen LogP contribution < -0.4 is 0 Å². The summed E-state index contributed by atoms with van der Waals surface area (Å²) >= 11 is 0. The molecular formula is C13H23N3O3S. The van der Waals surface area contributed by atoms with Gasteiger partial charge in [0.2, 0.25) is 10.0 Å². The van der Waals surface area contributed by atoms with E-state index in [0.717, 1.165) is 19.3 Å². The van der Waals surface area contributed by atoms with Crippen molar-refractivity contribution in [3.05, 3.63) is 12.4 Å². The van der Waals surface area contributed by atoms with Gasteiger partial charge in [-0.25, -0.2) is 8.42 Å². The number of aryl methyl sites for hydroxylation is 1. The molecule has 1 aliphatic rings. The minimum absolute atomic E-state index is 0.0470. The lowest BCUT2D eigenvalue weighted by Crippen LogP contribution is -2.39. The Bertz CT molecular complexity index is 541. The van der Waals surface area contributed by atoms with Crippen molar-refractivity contribution in [2.75, 3.05) is 6.61 Å². The normalized spacial score (nSPS) is 24.4. The van der Waals surface area contributed by atoms with Crippen LogP contribution in [0.15, 0.2) is 17.3 Å². The van der Waals surface area contributed by atoms with Crippen LogP contribution in [0.3, 0.4) is 0 Å². The summed E-state index contributed by atoms with van der Waals surface area (Å²) in [6, 6.07) is 0.140. The number of sulfonamides is 1. The molecule has 0 amide bonds. The predicted molar refractivity (Wildman–Crippen MR) is 75.7 cm³/mol. The van der Waals surface area contributed by atoms with E-state index in [2.05, 4.69) is 5.10 Å². The second-order valence-electron chi connectivity index (χ2n) is 5.34. The summed E-state index contributed by atoms with van der Waals surface area (Å²) in [6.07, 6.45) is 6.21. The second-order valence-corrected chi connectivity index (χ2v) is 7.18. The first-order valence-electron chi connectivity index (χ1n) is 7.17. The highest BCUT2D eigenvalue weighted by Crippen LogP contribution is 2.32. The molecule has 0 aromatic carbocycles. The van der Waals surface area contributed by atoms with E-state index < -0.39 is 10.0 Å². The summed E-state index contributed by atoms with van der Waals surface area (Å²) in [7, 11) is -3.47. The Morgan fingerprint density at radius 1 is 1.45 bits per heavy atom. The average Bonchev–Trinajstić information content (AvgIpc) is 3.03. The Labute approximate surface area is 120 Å². The third-order valence-corrected chi connectivity index (χ3v) is 5.93. The topological polar surface area (TPSA) is 75.4 Å². The van der Waals surface area contributed by atoms with Crippen LogP contribution in [-0.4, -0.2) is 46.3 Å². The van der Waals surface area contributed by atoms with Crippen molar-refractivity contribution in [2.24, 2.45) is 0 Å². The molecule has 20 heavy (non-hydrogen) atoms. The third-order valence-electron chi connectivity index (χ3n) is 3.91. The first-order chi connectivity index (χ1) is 9.50. The molecule has 0 spiro atoms. The lowest BCUT2D eigenvalue weighted by atomic mass is 10.2. The number of nitrogens with zero attached hydrogens (tertiary/aromatic N) is 3. The number of aliphatic hydroxyl groups excluding tert-OH is 1. The number of aliphatic hydroxyl groups is 1. The highest BCUT2D eigenvalue weighted by atomic mass is 32.2. The Kier molecular flexibility index (Phi) is 4.82. The van der Waals surface area contributed by atoms with Crippen LogP contribution in [0.5, 0.6) is 0 Å². The minimum atomic E-state index is -3.47. The fourth-order valence-electron chi connectivity index (χ4n) is 2.82. The molecule has 0 saturated carbocycles. The Hall–Kier alpha value is -0.920. The Morgan fingerprint density at radius 3 is 2.85 bits per heavy atom. The van der Waals surface area contributed by atoms with E-state index in [9.17, 15) is 8.42 Å². The van der Waals surface area contributed by atoms with Crippen LogP contribution in [-0.2, 0) is 16.6 Å². The van der Waals surface area contributed by atoms with Crippen LogP contribution in [0, 0.1) is 0 Å². The molecule has 6 nitrogen and oxygen atoms in total. The molecule has 1 N–H and O–H groups in total. The van der Waals surface area contributed by atoms with Gasteiger partial charge < -0.3 is 5.11 Å². The summed E-state index contributed by atoms with van der Waals surface area (Å²) in [5.41, 5.74) is 0. The smallest absolute Gasteiger partial charge is 0.246 e. The molecule has 1 saturated heterocycles. The predicted octanol–water partition coefficient (Wildman–Crippen LogP) is 1.22. The van der Waals surface area contributed by atoms with Crippen molar-refractivity contribution < 1.29 is 13.5 Å². The van der Waals surface area contributed by atoms with Gasteiger partial charge in [0.05, 0.1) is 6.20 Å². The fourth-order valence-corrected chi connectivity index (χ4v) is 4.72. The number of aromatic nitrogens is 2. The van der Waals surface area contributed by atoms with Gasteiger partial charge in [0, 0.05) is 31.4 Å². The zero-order valence-corrected chi connectivity index (χ0v) is 12.9. The van der Waals surface area contributed by atoms with Crippen molar-refractivity contribution in [2.45, 2.75) is 63.1 Å². The third kappa shape index (κ3) is 2.89. The fraction of sp³-hybridized carbons (Fsp3) is 0.769. The maximum absolute atomic E-state index is 12.7. The SMILES string of the molecule is CCC1CCC(C)N1S(=O)(=O)c1cnn(CCCO)c1. The number of hydrogen-bond donors (Lipinski definition) is 1. The summed E-state index contributed by atoms with van der Waals surface area (Å²) in [4.78, 5) is 0.252. The second kappa shape index (κ2) is 6.24. The molecule has 1 fully saturated rings.